The third kappa shape index (κ3) is 3.60. The minimum absolute atomic E-state index is 0.169. The molecule has 2 aromatic rings. The number of carbonyl (C=O) groups excluding carboxylic acids is 1. The smallest absolute Gasteiger partial charge is 0.252 e. The molecule has 5 nitrogen and oxygen atoms in total. The second-order valence-corrected chi connectivity index (χ2v) is 4.68. The van der Waals surface area contributed by atoms with Gasteiger partial charge in [-0.1, -0.05) is 12.1 Å². The molecular formula is C13H12N4OS. The average Bonchev–Trinajstić information content (AvgIpc) is 2.96. The summed E-state index contributed by atoms with van der Waals surface area (Å²) in [7, 11) is 0. The normalized spacial score (nSPS) is 9.84. The first-order chi connectivity index (χ1) is 9.31. The van der Waals surface area contributed by atoms with E-state index in [1.807, 2.05) is 12.1 Å². The molecule has 0 aliphatic rings. The molecule has 0 bridgehead atoms. The lowest BCUT2D eigenvalue weighted by atomic mass is 10.2. The molecule has 0 radical (unpaired) electrons. The summed E-state index contributed by atoms with van der Waals surface area (Å²) in [6.07, 6.45) is 3.34. The molecule has 0 aliphatic carbocycles. The first-order valence-electron chi connectivity index (χ1n) is 5.66. The number of H-pyrrole nitrogens is 1. The predicted molar refractivity (Wildman–Crippen MR) is 72.5 cm³/mol. The lowest BCUT2D eigenvalue weighted by Crippen LogP contribution is -2.23. The Morgan fingerprint density at radius 1 is 1.47 bits per heavy atom. The van der Waals surface area contributed by atoms with Gasteiger partial charge < -0.3 is 10.3 Å². The lowest BCUT2D eigenvalue weighted by molar-refractivity contribution is 0.0947. The van der Waals surface area contributed by atoms with Crippen molar-refractivity contribution in [3.63, 3.8) is 0 Å². The van der Waals surface area contributed by atoms with Gasteiger partial charge in [-0.15, -0.1) is 11.8 Å². The van der Waals surface area contributed by atoms with E-state index in [1.54, 1.807) is 24.5 Å². The van der Waals surface area contributed by atoms with Crippen molar-refractivity contribution in [3.8, 4) is 6.07 Å². The zero-order chi connectivity index (χ0) is 13.5. The molecule has 6 heteroatoms. The van der Waals surface area contributed by atoms with E-state index in [9.17, 15) is 4.79 Å². The van der Waals surface area contributed by atoms with Crippen molar-refractivity contribution in [1.82, 2.24) is 15.3 Å². The van der Waals surface area contributed by atoms with Crippen LogP contribution in [0.15, 0.2) is 41.6 Å². The number of nitrogens with one attached hydrogen (secondary N) is 2. The molecule has 1 aromatic heterocycles. The van der Waals surface area contributed by atoms with E-state index in [0.717, 1.165) is 4.90 Å². The molecule has 1 heterocycles. The maximum atomic E-state index is 12.1. The summed E-state index contributed by atoms with van der Waals surface area (Å²) < 4.78 is 0. The molecule has 0 spiro atoms. The topological polar surface area (TPSA) is 81.6 Å². The van der Waals surface area contributed by atoms with Gasteiger partial charge in [0.05, 0.1) is 23.9 Å². The number of nitrogens with zero attached hydrogens (tertiary/aromatic N) is 2. The Kier molecular flexibility index (Phi) is 4.59. The van der Waals surface area contributed by atoms with Gasteiger partial charge in [0.25, 0.3) is 5.91 Å². The number of hydrogen-bond acceptors (Lipinski definition) is 4. The van der Waals surface area contributed by atoms with Gasteiger partial charge in [0.1, 0.15) is 5.82 Å². The first-order valence-corrected chi connectivity index (χ1v) is 6.65. The third-order valence-electron chi connectivity index (χ3n) is 2.40. The third-order valence-corrected chi connectivity index (χ3v) is 3.34. The molecule has 19 heavy (non-hydrogen) atoms. The fourth-order valence-electron chi connectivity index (χ4n) is 1.54. The maximum absolute atomic E-state index is 12.1. The predicted octanol–water partition coefficient (Wildman–Crippen LogP) is 1.96. The van der Waals surface area contributed by atoms with Crippen LogP contribution in [0, 0.1) is 11.3 Å². The minimum Gasteiger partial charge on any atom is -0.347 e. The minimum atomic E-state index is -0.169. The Morgan fingerprint density at radius 2 is 2.32 bits per heavy atom. The highest BCUT2D eigenvalue weighted by atomic mass is 32.2. The van der Waals surface area contributed by atoms with Gasteiger partial charge in [0.2, 0.25) is 0 Å². The standard InChI is InChI=1S/C13H12N4OS/c14-5-8-19-11-4-2-1-3-10(11)13(18)17-9-12-15-6-7-16-12/h1-4,6-7H,8-9H2,(H,15,16)(H,17,18). The fourth-order valence-corrected chi connectivity index (χ4v) is 2.26. The summed E-state index contributed by atoms with van der Waals surface area (Å²) in [5.74, 6) is 0.857. The van der Waals surface area contributed by atoms with Crippen LogP contribution in [0.5, 0.6) is 0 Å². The molecule has 96 valence electrons. The average molecular weight is 272 g/mol. The zero-order valence-electron chi connectivity index (χ0n) is 10.1. The first kappa shape index (κ1) is 13.2. The number of thioether (sulfide) groups is 1. The number of aromatic nitrogens is 2. The lowest BCUT2D eigenvalue weighted by Gasteiger charge is -2.07. The van der Waals surface area contributed by atoms with E-state index in [4.69, 9.17) is 5.26 Å². The molecule has 2 N–H and O–H groups in total. The highest BCUT2D eigenvalue weighted by Gasteiger charge is 2.11. The van der Waals surface area contributed by atoms with Crippen LogP contribution in [0.2, 0.25) is 0 Å². The van der Waals surface area contributed by atoms with Crippen LogP contribution >= 0.6 is 11.8 Å². The largest absolute Gasteiger partial charge is 0.347 e. The molecule has 0 unspecified atom stereocenters. The van der Waals surface area contributed by atoms with Crippen LogP contribution in [-0.2, 0) is 6.54 Å². The van der Waals surface area contributed by atoms with Crippen molar-refractivity contribution in [2.75, 3.05) is 5.75 Å². The zero-order valence-corrected chi connectivity index (χ0v) is 10.9. The monoisotopic (exact) mass is 272 g/mol. The van der Waals surface area contributed by atoms with E-state index < -0.39 is 0 Å². The molecule has 0 saturated heterocycles. The number of amides is 1. The Hall–Kier alpha value is -2.26. The van der Waals surface area contributed by atoms with Gasteiger partial charge in [0.15, 0.2) is 0 Å². The summed E-state index contributed by atoms with van der Waals surface area (Å²) in [5, 5.41) is 11.4. The van der Waals surface area contributed by atoms with Crippen LogP contribution < -0.4 is 5.32 Å². The van der Waals surface area contributed by atoms with Gasteiger partial charge in [0, 0.05) is 17.3 Å². The van der Waals surface area contributed by atoms with Crippen molar-refractivity contribution in [2.24, 2.45) is 0 Å². The van der Waals surface area contributed by atoms with Crippen LogP contribution in [0.1, 0.15) is 16.2 Å². The van der Waals surface area contributed by atoms with E-state index in [2.05, 4.69) is 21.4 Å². The SMILES string of the molecule is N#CCSc1ccccc1C(=O)NCc1ncc[nH]1. The Labute approximate surface area is 115 Å². The van der Waals surface area contributed by atoms with Crippen LogP contribution in [0.25, 0.3) is 0 Å². The van der Waals surface area contributed by atoms with Crippen LogP contribution in [-0.4, -0.2) is 21.6 Å². The summed E-state index contributed by atoms with van der Waals surface area (Å²) in [5.41, 5.74) is 0.578. The Bertz CT molecular complexity index is 589. The number of benzene rings is 1. The second-order valence-electron chi connectivity index (χ2n) is 3.66. The van der Waals surface area contributed by atoms with Gasteiger partial charge >= 0.3 is 0 Å². The summed E-state index contributed by atoms with van der Waals surface area (Å²) in [4.78, 5) is 19.8. The number of nitriles is 1. The fraction of sp³-hybridized carbons (Fsp3) is 0.154. The van der Waals surface area contributed by atoms with Crippen LogP contribution in [0.4, 0.5) is 0 Å². The molecule has 2 rings (SSSR count). The number of aromatic amines is 1. The number of carbonyl (C=O) groups is 1. The molecule has 1 amide bonds. The quantitative estimate of drug-likeness (QED) is 0.815. The van der Waals surface area contributed by atoms with E-state index in [0.29, 0.717) is 23.7 Å². The summed E-state index contributed by atoms with van der Waals surface area (Å²) >= 11 is 1.35. The summed E-state index contributed by atoms with van der Waals surface area (Å²) in [6.45, 7) is 0.350. The van der Waals surface area contributed by atoms with Crippen molar-refractivity contribution in [3.05, 3.63) is 48.0 Å². The second kappa shape index (κ2) is 6.61. The molecule has 0 saturated carbocycles. The van der Waals surface area contributed by atoms with Gasteiger partial charge in [-0.2, -0.15) is 5.26 Å². The molecular weight excluding hydrogens is 260 g/mol. The van der Waals surface area contributed by atoms with Crippen molar-refractivity contribution in [1.29, 1.82) is 5.26 Å². The highest BCUT2D eigenvalue weighted by Crippen LogP contribution is 2.22. The number of imidazole rings is 1. The van der Waals surface area contributed by atoms with Crippen LogP contribution in [0.3, 0.4) is 0 Å². The van der Waals surface area contributed by atoms with Crippen molar-refractivity contribution < 1.29 is 4.79 Å². The van der Waals surface area contributed by atoms with Crippen molar-refractivity contribution in [2.45, 2.75) is 11.4 Å². The number of hydrogen-bond donors (Lipinski definition) is 2. The Balaban J connectivity index is 2.04. The Morgan fingerprint density at radius 3 is 3.05 bits per heavy atom. The molecule has 0 fully saturated rings. The van der Waals surface area contributed by atoms with E-state index in [-0.39, 0.29) is 5.91 Å². The maximum Gasteiger partial charge on any atom is 0.252 e. The van der Waals surface area contributed by atoms with Gasteiger partial charge in [-0.3, -0.25) is 4.79 Å². The van der Waals surface area contributed by atoms with E-state index >= 15 is 0 Å². The summed E-state index contributed by atoms with van der Waals surface area (Å²) in [6, 6.07) is 9.29. The van der Waals surface area contributed by atoms with Crippen molar-refractivity contribution >= 4 is 17.7 Å². The molecule has 0 aliphatic heterocycles. The number of rotatable bonds is 5. The molecule has 0 atom stereocenters. The highest BCUT2D eigenvalue weighted by molar-refractivity contribution is 7.99. The molecule has 1 aromatic carbocycles. The van der Waals surface area contributed by atoms with Gasteiger partial charge in [-0.25, -0.2) is 4.98 Å². The van der Waals surface area contributed by atoms with E-state index in [1.165, 1.54) is 11.8 Å². The van der Waals surface area contributed by atoms with Gasteiger partial charge in [-0.05, 0) is 12.1 Å².